The molecule has 0 saturated carbocycles. The van der Waals surface area contributed by atoms with Crippen LogP contribution in [-0.4, -0.2) is 21.1 Å². The number of benzene rings is 2. The van der Waals surface area contributed by atoms with Crippen molar-refractivity contribution in [1.82, 2.24) is 15.2 Å². The fraction of sp³-hybridized carbons (Fsp3) is 0.100. The molecule has 0 aliphatic carbocycles. The zero-order valence-electron chi connectivity index (χ0n) is 14.5. The predicted molar refractivity (Wildman–Crippen MR) is 111 cm³/mol. The summed E-state index contributed by atoms with van der Waals surface area (Å²) < 4.78 is 1.74. The molecule has 3 N–H and O–H groups in total. The molecule has 1 heterocycles. The lowest BCUT2D eigenvalue weighted by atomic mass is 10.0. The normalized spacial score (nSPS) is 10.6. The second kappa shape index (κ2) is 8.74. The van der Waals surface area contributed by atoms with E-state index in [1.807, 2.05) is 36.4 Å². The van der Waals surface area contributed by atoms with Crippen LogP contribution in [0.3, 0.4) is 0 Å². The number of hydrogen-bond acceptors (Lipinski definition) is 4. The fourth-order valence-electron chi connectivity index (χ4n) is 2.64. The maximum absolute atomic E-state index is 8.86. The highest BCUT2D eigenvalue weighted by atomic mass is 32.1. The number of rotatable bonds is 6. The molecule has 2 aromatic carbocycles. The van der Waals surface area contributed by atoms with Crippen molar-refractivity contribution < 1.29 is 0 Å². The molecule has 0 bridgehead atoms. The van der Waals surface area contributed by atoms with E-state index >= 15 is 0 Å². The largest absolute Gasteiger partial charge is 0.375 e. The van der Waals surface area contributed by atoms with Crippen LogP contribution in [0.15, 0.2) is 65.8 Å². The summed E-state index contributed by atoms with van der Waals surface area (Å²) in [6, 6.07) is 22.5. The third-order valence-corrected chi connectivity index (χ3v) is 4.00. The quantitative estimate of drug-likeness (QED) is 0.392. The average molecular weight is 374 g/mol. The van der Waals surface area contributed by atoms with E-state index in [1.54, 1.807) is 10.9 Å². The van der Waals surface area contributed by atoms with Crippen molar-refractivity contribution in [2.24, 2.45) is 10.8 Å². The molecule has 3 aromatic rings. The summed E-state index contributed by atoms with van der Waals surface area (Å²) in [6.45, 7) is 0.479. The van der Waals surface area contributed by atoms with Crippen LogP contribution >= 0.6 is 12.2 Å². The van der Waals surface area contributed by atoms with Gasteiger partial charge in [-0.05, 0) is 29.4 Å². The second-order valence-corrected chi connectivity index (χ2v) is 6.20. The Hall–Kier alpha value is -3.50. The number of hydrazone groups is 1. The highest BCUT2D eigenvalue weighted by Gasteiger charge is 2.09. The predicted octanol–water partition coefficient (Wildman–Crippen LogP) is 3.30. The second-order valence-electron chi connectivity index (χ2n) is 5.76. The minimum absolute atomic E-state index is 0.0889. The van der Waals surface area contributed by atoms with E-state index in [9.17, 15) is 0 Å². The van der Waals surface area contributed by atoms with Gasteiger partial charge in [0, 0.05) is 5.56 Å². The molecule has 6 nitrogen and oxygen atoms in total. The molecular formula is C20H18N6S. The molecule has 1 aromatic heterocycles. The monoisotopic (exact) mass is 374 g/mol. The van der Waals surface area contributed by atoms with Gasteiger partial charge in [0.1, 0.15) is 0 Å². The SMILES string of the molecule is N#CCCn1nc(-c2ccc(-c3ccccc3)cc2)cc1C=NNC(N)=S. The van der Waals surface area contributed by atoms with Gasteiger partial charge in [-0.3, -0.25) is 10.1 Å². The van der Waals surface area contributed by atoms with Gasteiger partial charge in [0.25, 0.3) is 0 Å². The molecule has 0 radical (unpaired) electrons. The van der Waals surface area contributed by atoms with Crippen molar-refractivity contribution in [3.63, 3.8) is 0 Å². The van der Waals surface area contributed by atoms with Crippen molar-refractivity contribution in [2.75, 3.05) is 0 Å². The number of nitrogens with zero attached hydrogens (tertiary/aromatic N) is 4. The first kappa shape index (κ1) is 18.3. The molecule has 134 valence electrons. The van der Waals surface area contributed by atoms with Gasteiger partial charge >= 0.3 is 0 Å². The first-order chi connectivity index (χ1) is 13.2. The van der Waals surface area contributed by atoms with Crippen LogP contribution in [0.4, 0.5) is 0 Å². The Bertz CT molecular complexity index is 984. The van der Waals surface area contributed by atoms with Gasteiger partial charge in [-0.2, -0.15) is 15.5 Å². The first-order valence-electron chi connectivity index (χ1n) is 8.36. The topological polar surface area (TPSA) is 92.0 Å². The lowest BCUT2D eigenvalue weighted by molar-refractivity contribution is 0.625. The summed E-state index contributed by atoms with van der Waals surface area (Å²) in [4.78, 5) is 0. The Kier molecular flexibility index (Phi) is 5.92. The highest BCUT2D eigenvalue weighted by molar-refractivity contribution is 7.80. The van der Waals surface area contributed by atoms with Gasteiger partial charge in [0.2, 0.25) is 0 Å². The van der Waals surface area contributed by atoms with E-state index in [-0.39, 0.29) is 5.11 Å². The van der Waals surface area contributed by atoms with Gasteiger partial charge in [-0.1, -0.05) is 54.6 Å². The van der Waals surface area contributed by atoms with Gasteiger partial charge in [0.05, 0.1) is 36.6 Å². The smallest absolute Gasteiger partial charge is 0.184 e. The lowest BCUT2D eigenvalue weighted by Gasteiger charge is -2.03. The highest BCUT2D eigenvalue weighted by Crippen LogP contribution is 2.24. The van der Waals surface area contributed by atoms with Crippen molar-refractivity contribution in [3.8, 4) is 28.5 Å². The van der Waals surface area contributed by atoms with E-state index in [1.165, 1.54) is 5.56 Å². The Morgan fingerprint density at radius 1 is 1.15 bits per heavy atom. The summed E-state index contributed by atoms with van der Waals surface area (Å²) in [5, 5.41) is 17.5. The molecule has 7 heteroatoms. The third-order valence-electron chi connectivity index (χ3n) is 3.91. The minimum Gasteiger partial charge on any atom is -0.375 e. The molecule has 0 unspecified atom stereocenters. The van der Waals surface area contributed by atoms with Crippen molar-refractivity contribution >= 4 is 23.5 Å². The van der Waals surface area contributed by atoms with E-state index in [0.29, 0.717) is 13.0 Å². The van der Waals surface area contributed by atoms with E-state index < -0.39 is 0 Å². The number of nitriles is 1. The molecule has 0 fully saturated rings. The fourth-order valence-corrected chi connectivity index (χ4v) is 2.69. The Morgan fingerprint density at radius 3 is 2.48 bits per heavy atom. The van der Waals surface area contributed by atoms with E-state index in [2.05, 4.69) is 46.0 Å². The molecule has 0 spiro atoms. The van der Waals surface area contributed by atoms with Crippen molar-refractivity contribution in [1.29, 1.82) is 5.26 Å². The molecule has 3 rings (SSSR count). The molecule has 27 heavy (non-hydrogen) atoms. The zero-order valence-corrected chi connectivity index (χ0v) is 15.4. The summed E-state index contributed by atoms with van der Waals surface area (Å²) in [7, 11) is 0. The summed E-state index contributed by atoms with van der Waals surface area (Å²) in [6.07, 6.45) is 1.95. The minimum atomic E-state index is 0.0889. The number of nitrogens with one attached hydrogen (secondary N) is 1. The molecule has 0 saturated heterocycles. The average Bonchev–Trinajstić information content (AvgIpc) is 3.10. The molecule has 0 amide bonds. The number of aryl methyl sites for hydroxylation is 1. The Balaban J connectivity index is 1.87. The standard InChI is InChI=1S/C20H18N6S/c21-11-4-12-26-18(14-23-24-20(22)27)13-19(25-26)17-9-7-16(8-10-17)15-5-2-1-3-6-15/h1-3,5-10,13-14H,4,12H2,(H3,22,24,27). The van der Waals surface area contributed by atoms with E-state index in [0.717, 1.165) is 22.5 Å². The zero-order chi connectivity index (χ0) is 19.1. The van der Waals surface area contributed by atoms with Gasteiger partial charge in [-0.25, -0.2) is 0 Å². The lowest BCUT2D eigenvalue weighted by Crippen LogP contribution is -2.24. The summed E-state index contributed by atoms with van der Waals surface area (Å²) in [5.41, 5.74) is 12.8. The Morgan fingerprint density at radius 2 is 1.81 bits per heavy atom. The Labute approximate surface area is 162 Å². The van der Waals surface area contributed by atoms with Crippen LogP contribution in [0.5, 0.6) is 0 Å². The van der Waals surface area contributed by atoms with Crippen LogP contribution < -0.4 is 11.2 Å². The number of hydrogen-bond donors (Lipinski definition) is 2. The molecule has 0 aliphatic heterocycles. The van der Waals surface area contributed by atoms with Crippen LogP contribution in [0.1, 0.15) is 12.1 Å². The molecule has 0 atom stereocenters. The molecular weight excluding hydrogens is 356 g/mol. The van der Waals surface area contributed by atoms with Gasteiger partial charge in [-0.15, -0.1) is 0 Å². The van der Waals surface area contributed by atoms with Crippen LogP contribution in [0, 0.1) is 11.3 Å². The molecule has 0 aliphatic rings. The van der Waals surface area contributed by atoms with Crippen LogP contribution in [-0.2, 0) is 6.54 Å². The third kappa shape index (κ3) is 4.77. The van der Waals surface area contributed by atoms with Crippen molar-refractivity contribution in [3.05, 3.63) is 66.4 Å². The van der Waals surface area contributed by atoms with E-state index in [4.69, 9.17) is 23.2 Å². The van der Waals surface area contributed by atoms with Crippen LogP contribution in [0.2, 0.25) is 0 Å². The maximum atomic E-state index is 8.86. The van der Waals surface area contributed by atoms with Gasteiger partial charge < -0.3 is 5.73 Å². The number of thiocarbonyl (C=S) groups is 1. The maximum Gasteiger partial charge on any atom is 0.184 e. The summed E-state index contributed by atoms with van der Waals surface area (Å²) >= 11 is 4.74. The van der Waals surface area contributed by atoms with Gasteiger partial charge in [0.15, 0.2) is 5.11 Å². The van der Waals surface area contributed by atoms with Crippen LogP contribution in [0.25, 0.3) is 22.4 Å². The summed E-state index contributed by atoms with van der Waals surface area (Å²) in [5.74, 6) is 0. The number of nitrogens with two attached hydrogens (primary N) is 1. The first-order valence-corrected chi connectivity index (χ1v) is 8.77. The van der Waals surface area contributed by atoms with Crippen molar-refractivity contribution in [2.45, 2.75) is 13.0 Å². The number of aromatic nitrogens is 2.